The van der Waals surface area contributed by atoms with Crippen LogP contribution in [-0.4, -0.2) is 30.4 Å². The highest BCUT2D eigenvalue weighted by Crippen LogP contribution is 2.16. The molecule has 1 aromatic rings. The molecule has 0 aliphatic rings. The lowest BCUT2D eigenvalue weighted by Gasteiger charge is -2.31. The van der Waals surface area contributed by atoms with Crippen LogP contribution in [0.25, 0.3) is 0 Å². The van der Waals surface area contributed by atoms with Gasteiger partial charge in [0.1, 0.15) is 5.82 Å². The van der Waals surface area contributed by atoms with Crippen molar-refractivity contribution < 1.29 is 9.18 Å². The summed E-state index contributed by atoms with van der Waals surface area (Å²) in [6.07, 6.45) is 0.300. The van der Waals surface area contributed by atoms with Crippen molar-refractivity contribution in [1.29, 1.82) is 0 Å². The first kappa shape index (κ1) is 15.6. The van der Waals surface area contributed by atoms with Gasteiger partial charge in [0.15, 0.2) is 0 Å². The van der Waals surface area contributed by atoms with E-state index >= 15 is 0 Å². The predicted octanol–water partition coefficient (Wildman–Crippen LogP) is 2.20. The summed E-state index contributed by atoms with van der Waals surface area (Å²) in [6, 6.07) is 6.05. The maximum atomic E-state index is 12.8. The highest BCUT2D eigenvalue weighted by molar-refractivity contribution is 5.78. The third-order valence-corrected chi connectivity index (χ3v) is 3.17. The Bertz CT molecular complexity index is 415. The number of likely N-dealkylation sites (N-methyl/N-ethyl adjacent to an activating group) is 1. The van der Waals surface area contributed by atoms with E-state index in [4.69, 9.17) is 5.73 Å². The second-order valence-corrected chi connectivity index (χ2v) is 5.58. The molecule has 0 unspecified atom stereocenters. The molecule has 4 heteroatoms. The number of halogens is 1. The van der Waals surface area contributed by atoms with Gasteiger partial charge in [0, 0.05) is 13.1 Å². The van der Waals surface area contributed by atoms with Gasteiger partial charge in [-0.15, -0.1) is 0 Å². The number of carbonyl (C=O) groups is 1. The van der Waals surface area contributed by atoms with Crippen LogP contribution in [0.5, 0.6) is 0 Å². The van der Waals surface area contributed by atoms with Crippen LogP contribution in [0.1, 0.15) is 26.3 Å². The third kappa shape index (κ3) is 4.99. The van der Waals surface area contributed by atoms with Crippen molar-refractivity contribution in [3.05, 3.63) is 35.6 Å². The molecule has 0 atom stereocenters. The van der Waals surface area contributed by atoms with Crippen LogP contribution in [0.4, 0.5) is 4.39 Å². The monoisotopic (exact) mass is 266 g/mol. The lowest BCUT2D eigenvalue weighted by Crippen LogP contribution is -2.42. The average Bonchev–Trinajstić information content (AvgIpc) is 2.38. The zero-order valence-electron chi connectivity index (χ0n) is 11.9. The Morgan fingerprint density at radius 1 is 1.32 bits per heavy atom. The molecule has 1 rings (SSSR count). The van der Waals surface area contributed by atoms with E-state index in [2.05, 4.69) is 0 Å². The van der Waals surface area contributed by atoms with E-state index in [0.717, 1.165) is 5.56 Å². The van der Waals surface area contributed by atoms with Gasteiger partial charge in [-0.05, 0) is 36.6 Å². The molecule has 0 saturated heterocycles. The number of nitrogens with zero attached hydrogens (tertiary/aromatic N) is 1. The first-order valence-electron chi connectivity index (χ1n) is 6.60. The Morgan fingerprint density at radius 2 is 1.89 bits per heavy atom. The van der Waals surface area contributed by atoms with Crippen LogP contribution < -0.4 is 5.73 Å². The molecule has 0 spiro atoms. The van der Waals surface area contributed by atoms with Crippen molar-refractivity contribution in [2.24, 2.45) is 11.1 Å². The fourth-order valence-electron chi connectivity index (χ4n) is 1.85. The number of hydrogen-bond acceptors (Lipinski definition) is 2. The zero-order chi connectivity index (χ0) is 14.5. The topological polar surface area (TPSA) is 46.3 Å². The quantitative estimate of drug-likeness (QED) is 0.858. The smallest absolute Gasteiger partial charge is 0.226 e. The summed E-state index contributed by atoms with van der Waals surface area (Å²) < 4.78 is 12.8. The fraction of sp³-hybridized carbons (Fsp3) is 0.533. The molecule has 0 radical (unpaired) electrons. The largest absolute Gasteiger partial charge is 0.342 e. The van der Waals surface area contributed by atoms with Gasteiger partial charge in [-0.3, -0.25) is 4.79 Å². The van der Waals surface area contributed by atoms with E-state index in [-0.39, 0.29) is 17.1 Å². The third-order valence-electron chi connectivity index (χ3n) is 3.17. The Hall–Kier alpha value is -1.42. The van der Waals surface area contributed by atoms with Gasteiger partial charge >= 0.3 is 0 Å². The van der Waals surface area contributed by atoms with Gasteiger partial charge in [-0.25, -0.2) is 4.39 Å². The van der Waals surface area contributed by atoms with Crippen molar-refractivity contribution in [3.8, 4) is 0 Å². The Morgan fingerprint density at radius 3 is 2.37 bits per heavy atom. The number of nitrogens with two attached hydrogens (primary N) is 1. The summed E-state index contributed by atoms with van der Waals surface area (Å²) in [4.78, 5) is 14.0. The first-order valence-corrected chi connectivity index (χ1v) is 6.60. The summed E-state index contributed by atoms with van der Waals surface area (Å²) in [5.41, 5.74) is 6.44. The molecule has 0 bridgehead atoms. The van der Waals surface area contributed by atoms with Crippen LogP contribution in [0.15, 0.2) is 24.3 Å². The summed E-state index contributed by atoms with van der Waals surface area (Å²) in [7, 11) is 0. The normalized spacial score (nSPS) is 11.4. The van der Waals surface area contributed by atoms with Crippen LogP contribution >= 0.6 is 0 Å². The zero-order valence-corrected chi connectivity index (χ0v) is 11.9. The molecule has 0 aliphatic carbocycles. The maximum absolute atomic E-state index is 12.8. The van der Waals surface area contributed by atoms with E-state index < -0.39 is 0 Å². The number of carbonyl (C=O) groups excluding carboxylic acids is 1. The summed E-state index contributed by atoms with van der Waals surface area (Å²) in [5, 5.41) is 0. The number of benzene rings is 1. The highest BCUT2D eigenvalue weighted by Gasteiger charge is 2.22. The van der Waals surface area contributed by atoms with Gasteiger partial charge in [0.25, 0.3) is 0 Å². The van der Waals surface area contributed by atoms with Gasteiger partial charge in [0.05, 0.1) is 6.42 Å². The van der Waals surface area contributed by atoms with Crippen LogP contribution in [0.3, 0.4) is 0 Å². The summed E-state index contributed by atoms with van der Waals surface area (Å²) in [6.45, 7) is 7.87. The van der Waals surface area contributed by atoms with Crippen LogP contribution in [0.2, 0.25) is 0 Å². The van der Waals surface area contributed by atoms with Crippen molar-refractivity contribution in [3.63, 3.8) is 0 Å². The highest BCUT2D eigenvalue weighted by atomic mass is 19.1. The van der Waals surface area contributed by atoms with Crippen LogP contribution in [-0.2, 0) is 11.2 Å². The molecule has 19 heavy (non-hydrogen) atoms. The minimum Gasteiger partial charge on any atom is -0.342 e. The number of rotatable bonds is 6. The molecular formula is C15H23FN2O. The minimum atomic E-state index is -0.284. The van der Waals surface area contributed by atoms with Crippen molar-refractivity contribution in [1.82, 2.24) is 4.90 Å². The van der Waals surface area contributed by atoms with Crippen molar-refractivity contribution >= 4 is 5.91 Å². The van der Waals surface area contributed by atoms with E-state index in [9.17, 15) is 9.18 Å². The lowest BCUT2D eigenvalue weighted by atomic mass is 9.93. The second kappa shape index (κ2) is 6.66. The summed E-state index contributed by atoms with van der Waals surface area (Å²) in [5.74, 6) is -0.233. The SMILES string of the molecule is CCN(CC(C)(C)CN)C(=O)Cc1ccc(F)cc1. The Kier molecular flexibility index (Phi) is 5.48. The average molecular weight is 266 g/mol. The number of amides is 1. The molecule has 0 saturated carbocycles. The van der Waals surface area contributed by atoms with E-state index in [1.807, 2.05) is 20.8 Å². The van der Waals surface area contributed by atoms with Gasteiger partial charge in [-0.1, -0.05) is 26.0 Å². The van der Waals surface area contributed by atoms with E-state index in [1.165, 1.54) is 12.1 Å². The molecular weight excluding hydrogens is 243 g/mol. The molecule has 106 valence electrons. The van der Waals surface area contributed by atoms with Crippen molar-refractivity contribution in [2.45, 2.75) is 27.2 Å². The van der Waals surface area contributed by atoms with Gasteiger partial charge in [0.2, 0.25) is 5.91 Å². The molecule has 1 aromatic carbocycles. The second-order valence-electron chi connectivity index (χ2n) is 5.58. The standard InChI is InChI=1S/C15H23FN2O/c1-4-18(11-15(2,3)10-17)14(19)9-12-5-7-13(16)8-6-12/h5-8H,4,9-11,17H2,1-3H3. The number of hydrogen-bond donors (Lipinski definition) is 1. The Labute approximate surface area is 114 Å². The van der Waals surface area contributed by atoms with Crippen LogP contribution in [0, 0.1) is 11.2 Å². The first-order chi connectivity index (χ1) is 8.88. The molecule has 0 fully saturated rings. The molecule has 0 aromatic heterocycles. The molecule has 3 nitrogen and oxygen atoms in total. The van der Waals surface area contributed by atoms with Gasteiger partial charge in [-0.2, -0.15) is 0 Å². The van der Waals surface area contributed by atoms with E-state index in [1.54, 1.807) is 17.0 Å². The molecule has 2 N–H and O–H groups in total. The molecule has 1 amide bonds. The minimum absolute atomic E-state index is 0.0515. The fourth-order valence-corrected chi connectivity index (χ4v) is 1.85. The van der Waals surface area contributed by atoms with E-state index in [0.29, 0.717) is 26.1 Å². The molecule has 0 heterocycles. The lowest BCUT2D eigenvalue weighted by molar-refractivity contribution is -0.131. The predicted molar refractivity (Wildman–Crippen MR) is 75.2 cm³/mol. The Balaban J connectivity index is 2.66. The van der Waals surface area contributed by atoms with Gasteiger partial charge < -0.3 is 10.6 Å². The van der Waals surface area contributed by atoms with Crippen molar-refractivity contribution in [2.75, 3.05) is 19.6 Å². The maximum Gasteiger partial charge on any atom is 0.226 e. The molecule has 0 aliphatic heterocycles. The summed E-state index contributed by atoms with van der Waals surface area (Å²) >= 11 is 0.